The van der Waals surface area contributed by atoms with E-state index < -0.39 is 5.97 Å². The normalized spacial score (nSPS) is 13.0. The summed E-state index contributed by atoms with van der Waals surface area (Å²) in [5.41, 5.74) is 2.34. The van der Waals surface area contributed by atoms with Crippen LogP contribution in [0.15, 0.2) is 63.7 Å². The van der Waals surface area contributed by atoms with Crippen LogP contribution in [0.2, 0.25) is 0 Å². The SMILES string of the molecule is Cc1nc(CSc2ccccc2C(=O)OCC(=O)N2CCSc3ccccc32)cs1. The number of rotatable bonds is 6. The fourth-order valence-corrected chi connectivity index (χ4v) is 5.74. The Bertz CT molecular complexity index is 1070. The standard InChI is InChI=1S/C22H20N2O3S3/c1-15-23-16(13-29-15)14-30-19-8-4-2-6-17(19)22(26)27-12-21(25)24-10-11-28-20-9-5-3-7-18(20)24/h2-9,13H,10-12,14H2,1H3. The van der Waals surface area contributed by atoms with Gasteiger partial charge in [0.25, 0.3) is 5.91 Å². The van der Waals surface area contributed by atoms with E-state index in [4.69, 9.17) is 4.74 Å². The number of aromatic nitrogens is 1. The molecule has 0 saturated carbocycles. The van der Waals surface area contributed by atoms with Crippen LogP contribution in [0.4, 0.5) is 5.69 Å². The van der Waals surface area contributed by atoms with Gasteiger partial charge in [0.2, 0.25) is 0 Å². The molecule has 3 aromatic rings. The molecule has 1 aliphatic heterocycles. The van der Waals surface area contributed by atoms with E-state index in [0.717, 1.165) is 31.9 Å². The number of benzene rings is 2. The number of thiazole rings is 1. The van der Waals surface area contributed by atoms with Gasteiger partial charge in [-0.1, -0.05) is 24.3 Å². The van der Waals surface area contributed by atoms with E-state index >= 15 is 0 Å². The van der Waals surface area contributed by atoms with Crippen LogP contribution < -0.4 is 4.90 Å². The Balaban J connectivity index is 1.39. The van der Waals surface area contributed by atoms with Gasteiger partial charge >= 0.3 is 5.97 Å². The van der Waals surface area contributed by atoms with Gasteiger partial charge in [-0.25, -0.2) is 9.78 Å². The zero-order chi connectivity index (χ0) is 20.9. The number of nitrogens with zero attached hydrogens (tertiary/aromatic N) is 2. The Kier molecular flexibility index (Phi) is 6.76. The van der Waals surface area contributed by atoms with E-state index in [0.29, 0.717) is 17.9 Å². The van der Waals surface area contributed by atoms with Crippen molar-refractivity contribution in [1.82, 2.24) is 4.98 Å². The number of amides is 1. The molecule has 1 amide bonds. The number of anilines is 1. The molecule has 1 aromatic heterocycles. The van der Waals surface area contributed by atoms with E-state index in [9.17, 15) is 9.59 Å². The molecule has 8 heteroatoms. The van der Waals surface area contributed by atoms with Crippen molar-refractivity contribution in [2.75, 3.05) is 23.8 Å². The van der Waals surface area contributed by atoms with Gasteiger partial charge in [0.05, 0.1) is 22.0 Å². The molecule has 5 nitrogen and oxygen atoms in total. The molecule has 0 atom stereocenters. The third-order valence-electron chi connectivity index (χ3n) is 4.51. The molecule has 2 heterocycles. The summed E-state index contributed by atoms with van der Waals surface area (Å²) < 4.78 is 5.39. The molecule has 4 rings (SSSR count). The highest BCUT2D eigenvalue weighted by Gasteiger charge is 2.24. The average molecular weight is 457 g/mol. The van der Waals surface area contributed by atoms with E-state index in [1.54, 1.807) is 51.9 Å². The second kappa shape index (κ2) is 9.68. The molecule has 0 bridgehead atoms. The van der Waals surface area contributed by atoms with Crippen molar-refractivity contribution in [3.63, 3.8) is 0 Å². The number of ether oxygens (including phenoxy) is 1. The molecule has 0 aliphatic carbocycles. The number of aryl methyl sites for hydroxylation is 1. The van der Waals surface area contributed by atoms with Gasteiger partial charge in [0.15, 0.2) is 6.61 Å². The first-order chi connectivity index (χ1) is 14.6. The Morgan fingerprint density at radius 1 is 1.17 bits per heavy atom. The summed E-state index contributed by atoms with van der Waals surface area (Å²) in [4.78, 5) is 33.5. The van der Waals surface area contributed by atoms with Gasteiger partial charge in [-0.2, -0.15) is 0 Å². The lowest BCUT2D eigenvalue weighted by Gasteiger charge is -2.28. The molecular formula is C22H20N2O3S3. The summed E-state index contributed by atoms with van der Waals surface area (Å²) in [5, 5.41) is 3.05. The Labute approximate surface area is 187 Å². The molecule has 0 spiro atoms. The lowest BCUT2D eigenvalue weighted by Crippen LogP contribution is -2.38. The van der Waals surface area contributed by atoms with Crippen LogP contribution in [0, 0.1) is 6.92 Å². The minimum Gasteiger partial charge on any atom is -0.452 e. The molecular weight excluding hydrogens is 436 g/mol. The van der Waals surface area contributed by atoms with Crippen molar-refractivity contribution in [3.05, 3.63) is 70.2 Å². The third-order valence-corrected chi connectivity index (χ3v) is 7.48. The van der Waals surface area contributed by atoms with Crippen LogP contribution >= 0.6 is 34.9 Å². The van der Waals surface area contributed by atoms with Crippen LogP contribution in [-0.2, 0) is 15.3 Å². The van der Waals surface area contributed by atoms with Crippen molar-refractivity contribution in [1.29, 1.82) is 0 Å². The fraction of sp³-hybridized carbons (Fsp3) is 0.227. The Hall–Kier alpha value is -2.29. The van der Waals surface area contributed by atoms with Crippen molar-refractivity contribution in [3.8, 4) is 0 Å². The Morgan fingerprint density at radius 3 is 2.80 bits per heavy atom. The molecule has 0 saturated heterocycles. The fourth-order valence-electron chi connectivity index (χ4n) is 3.10. The summed E-state index contributed by atoms with van der Waals surface area (Å²) in [5.74, 6) is 0.807. The zero-order valence-corrected chi connectivity index (χ0v) is 18.8. The van der Waals surface area contributed by atoms with E-state index in [-0.39, 0.29) is 12.5 Å². The lowest BCUT2D eigenvalue weighted by atomic mass is 10.2. The number of carbonyl (C=O) groups excluding carboxylic acids is 2. The Morgan fingerprint density at radius 2 is 1.97 bits per heavy atom. The predicted octanol–water partition coefficient (Wildman–Crippen LogP) is 5.04. The minimum absolute atomic E-state index is 0.209. The van der Waals surface area contributed by atoms with Gasteiger partial charge in [-0.15, -0.1) is 34.9 Å². The lowest BCUT2D eigenvalue weighted by molar-refractivity contribution is -0.121. The summed E-state index contributed by atoms with van der Waals surface area (Å²) in [6, 6.07) is 15.1. The van der Waals surface area contributed by atoms with E-state index in [1.165, 1.54) is 0 Å². The van der Waals surface area contributed by atoms with Gasteiger partial charge < -0.3 is 9.64 Å². The second-order valence-electron chi connectivity index (χ2n) is 6.58. The highest BCUT2D eigenvalue weighted by atomic mass is 32.2. The quantitative estimate of drug-likeness (QED) is 0.383. The number of fused-ring (bicyclic) bond motifs is 1. The minimum atomic E-state index is -0.486. The maximum Gasteiger partial charge on any atom is 0.339 e. The summed E-state index contributed by atoms with van der Waals surface area (Å²) in [6.45, 7) is 2.31. The number of hydrogen-bond acceptors (Lipinski definition) is 7. The number of thioether (sulfide) groups is 2. The molecule has 1 aliphatic rings. The molecule has 0 N–H and O–H groups in total. The molecule has 0 unspecified atom stereocenters. The van der Waals surface area contributed by atoms with Gasteiger partial charge in [0.1, 0.15) is 0 Å². The highest BCUT2D eigenvalue weighted by molar-refractivity contribution is 7.99. The van der Waals surface area contributed by atoms with Crippen LogP contribution in [0.3, 0.4) is 0 Å². The monoisotopic (exact) mass is 456 g/mol. The molecule has 0 fully saturated rings. The average Bonchev–Trinajstić information content (AvgIpc) is 3.20. The first kappa shape index (κ1) is 21.0. The zero-order valence-electron chi connectivity index (χ0n) is 16.4. The molecule has 0 radical (unpaired) electrons. The topological polar surface area (TPSA) is 59.5 Å². The van der Waals surface area contributed by atoms with Crippen molar-refractivity contribution < 1.29 is 14.3 Å². The van der Waals surface area contributed by atoms with Gasteiger partial charge in [-0.3, -0.25) is 4.79 Å². The highest BCUT2D eigenvalue weighted by Crippen LogP contribution is 2.34. The number of hydrogen-bond donors (Lipinski definition) is 0. The largest absolute Gasteiger partial charge is 0.452 e. The van der Waals surface area contributed by atoms with Crippen molar-refractivity contribution in [2.45, 2.75) is 22.5 Å². The van der Waals surface area contributed by atoms with Gasteiger partial charge in [-0.05, 0) is 31.2 Å². The summed E-state index contributed by atoms with van der Waals surface area (Å²) in [7, 11) is 0. The van der Waals surface area contributed by atoms with Crippen LogP contribution in [-0.4, -0.2) is 35.8 Å². The first-order valence-electron chi connectivity index (χ1n) is 9.44. The predicted molar refractivity (Wildman–Crippen MR) is 123 cm³/mol. The molecule has 154 valence electrons. The van der Waals surface area contributed by atoms with E-state index in [1.807, 2.05) is 48.7 Å². The summed E-state index contributed by atoms with van der Waals surface area (Å²) >= 11 is 4.88. The first-order valence-corrected chi connectivity index (χ1v) is 12.3. The molecule has 30 heavy (non-hydrogen) atoms. The number of esters is 1. The second-order valence-corrected chi connectivity index (χ2v) is 9.80. The van der Waals surface area contributed by atoms with Crippen molar-refractivity contribution >= 4 is 52.4 Å². The maximum atomic E-state index is 12.7. The molecule has 2 aromatic carbocycles. The summed E-state index contributed by atoms with van der Waals surface area (Å²) in [6.07, 6.45) is 0. The van der Waals surface area contributed by atoms with E-state index in [2.05, 4.69) is 4.98 Å². The third kappa shape index (κ3) is 4.88. The van der Waals surface area contributed by atoms with Crippen LogP contribution in [0.5, 0.6) is 0 Å². The van der Waals surface area contributed by atoms with Crippen molar-refractivity contribution in [2.24, 2.45) is 0 Å². The maximum absolute atomic E-state index is 12.7. The van der Waals surface area contributed by atoms with Crippen LogP contribution in [0.1, 0.15) is 21.1 Å². The number of para-hydroxylation sites is 1. The number of carbonyl (C=O) groups is 2. The smallest absolute Gasteiger partial charge is 0.339 e. The van der Waals surface area contributed by atoms with Gasteiger partial charge in [0, 0.05) is 33.2 Å². The van der Waals surface area contributed by atoms with Crippen LogP contribution in [0.25, 0.3) is 0 Å².